The Bertz CT molecular complexity index is 699. The highest BCUT2D eigenvalue weighted by Crippen LogP contribution is 2.29. The Morgan fingerprint density at radius 2 is 1.92 bits per heavy atom. The standard InChI is InChI=1S/C20H23NO3/c1-23-17-10-11-18(19(14-17)24-2)20(22)21-12-6-9-16(21)13-15-7-4-3-5-8-15/h3-5,7-8,10-11,14,16H,6,9,12-13H2,1-2H3. The first-order valence-electron chi connectivity index (χ1n) is 8.30. The van der Waals surface area contributed by atoms with Crippen LogP contribution in [0, 0.1) is 0 Å². The van der Waals surface area contributed by atoms with Crippen molar-refractivity contribution in [3.05, 3.63) is 59.7 Å². The van der Waals surface area contributed by atoms with Gasteiger partial charge in [-0.25, -0.2) is 0 Å². The van der Waals surface area contributed by atoms with Gasteiger partial charge in [0.15, 0.2) is 0 Å². The highest BCUT2D eigenvalue weighted by atomic mass is 16.5. The second-order valence-electron chi connectivity index (χ2n) is 6.05. The summed E-state index contributed by atoms with van der Waals surface area (Å²) in [7, 11) is 3.18. The summed E-state index contributed by atoms with van der Waals surface area (Å²) in [5.41, 5.74) is 1.86. The largest absolute Gasteiger partial charge is 0.497 e. The van der Waals surface area contributed by atoms with Crippen molar-refractivity contribution in [3.63, 3.8) is 0 Å². The minimum Gasteiger partial charge on any atom is -0.497 e. The molecule has 2 aromatic rings. The summed E-state index contributed by atoms with van der Waals surface area (Å²) in [5, 5.41) is 0. The van der Waals surface area contributed by atoms with Crippen LogP contribution < -0.4 is 9.47 Å². The van der Waals surface area contributed by atoms with E-state index in [1.807, 2.05) is 23.1 Å². The molecule has 1 fully saturated rings. The van der Waals surface area contributed by atoms with Crippen LogP contribution in [0.25, 0.3) is 0 Å². The highest BCUT2D eigenvalue weighted by Gasteiger charge is 2.30. The first-order chi connectivity index (χ1) is 11.7. The lowest BCUT2D eigenvalue weighted by molar-refractivity contribution is 0.0733. The zero-order chi connectivity index (χ0) is 16.9. The SMILES string of the molecule is COc1ccc(C(=O)N2CCCC2Cc2ccccc2)c(OC)c1. The maximum absolute atomic E-state index is 13.0. The predicted octanol–water partition coefficient (Wildman–Crippen LogP) is 3.55. The monoisotopic (exact) mass is 325 g/mol. The van der Waals surface area contributed by atoms with Crippen molar-refractivity contribution in [2.24, 2.45) is 0 Å². The summed E-state index contributed by atoms with van der Waals surface area (Å²) in [6, 6.07) is 15.9. The fourth-order valence-electron chi connectivity index (χ4n) is 3.33. The van der Waals surface area contributed by atoms with Crippen LogP contribution in [0.5, 0.6) is 11.5 Å². The predicted molar refractivity (Wildman–Crippen MR) is 93.8 cm³/mol. The molecule has 1 heterocycles. The maximum Gasteiger partial charge on any atom is 0.257 e. The van der Waals surface area contributed by atoms with Gasteiger partial charge in [0.25, 0.3) is 5.91 Å². The van der Waals surface area contributed by atoms with Gasteiger partial charge < -0.3 is 14.4 Å². The van der Waals surface area contributed by atoms with Crippen LogP contribution in [-0.2, 0) is 6.42 Å². The van der Waals surface area contributed by atoms with Crippen LogP contribution in [0.15, 0.2) is 48.5 Å². The maximum atomic E-state index is 13.0. The van der Waals surface area contributed by atoms with Crippen molar-refractivity contribution >= 4 is 5.91 Å². The van der Waals surface area contributed by atoms with E-state index in [4.69, 9.17) is 9.47 Å². The van der Waals surface area contributed by atoms with Crippen molar-refractivity contribution in [1.82, 2.24) is 4.90 Å². The number of carbonyl (C=O) groups excluding carboxylic acids is 1. The molecule has 0 saturated carbocycles. The molecule has 1 aliphatic heterocycles. The Balaban J connectivity index is 1.81. The van der Waals surface area contributed by atoms with Gasteiger partial charge in [0, 0.05) is 18.7 Å². The normalized spacial score (nSPS) is 16.9. The molecular weight excluding hydrogens is 302 g/mol. The van der Waals surface area contributed by atoms with Crippen molar-refractivity contribution in [2.75, 3.05) is 20.8 Å². The number of methoxy groups -OCH3 is 2. The molecule has 126 valence electrons. The average Bonchev–Trinajstić information content (AvgIpc) is 3.09. The van der Waals surface area contributed by atoms with E-state index in [1.54, 1.807) is 32.4 Å². The number of nitrogens with zero attached hydrogens (tertiary/aromatic N) is 1. The smallest absolute Gasteiger partial charge is 0.257 e. The van der Waals surface area contributed by atoms with E-state index in [0.29, 0.717) is 17.1 Å². The number of hydrogen-bond acceptors (Lipinski definition) is 3. The lowest BCUT2D eigenvalue weighted by Crippen LogP contribution is -2.37. The van der Waals surface area contributed by atoms with E-state index in [1.165, 1.54) is 5.56 Å². The van der Waals surface area contributed by atoms with E-state index in [-0.39, 0.29) is 11.9 Å². The molecule has 0 spiro atoms. The molecule has 1 saturated heterocycles. The topological polar surface area (TPSA) is 38.8 Å². The van der Waals surface area contributed by atoms with Crippen LogP contribution in [0.4, 0.5) is 0 Å². The van der Waals surface area contributed by atoms with Crippen LogP contribution in [0.3, 0.4) is 0 Å². The number of amides is 1. The van der Waals surface area contributed by atoms with E-state index >= 15 is 0 Å². The van der Waals surface area contributed by atoms with E-state index in [9.17, 15) is 4.79 Å². The van der Waals surface area contributed by atoms with Crippen molar-refractivity contribution < 1.29 is 14.3 Å². The molecule has 0 radical (unpaired) electrons. The molecule has 1 aliphatic rings. The summed E-state index contributed by atoms with van der Waals surface area (Å²) in [6.45, 7) is 0.797. The molecule has 0 bridgehead atoms. The van der Waals surface area contributed by atoms with Crippen molar-refractivity contribution in [2.45, 2.75) is 25.3 Å². The number of hydrogen-bond donors (Lipinski definition) is 0. The van der Waals surface area contributed by atoms with Gasteiger partial charge >= 0.3 is 0 Å². The van der Waals surface area contributed by atoms with E-state index in [0.717, 1.165) is 25.8 Å². The molecule has 2 aromatic carbocycles. The zero-order valence-electron chi connectivity index (χ0n) is 14.2. The van der Waals surface area contributed by atoms with Gasteiger partial charge in [-0.3, -0.25) is 4.79 Å². The Morgan fingerprint density at radius 1 is 1.12 bits per heavy atom. The van der Waals surface area contributed by atoms with Crippen LogP contribution >= 0.6 is 0 Å². The summed E-state index contributed by atoms with van der Waals surface area (Å²) >= 11 is 0. The Morgan fingerprint density at radius 3 is 2.62 bits per heavy atom. The highest BCUT2D eigenvalue weighted by molar-refractivity contribution is 5.97. The number of ether oxygens (including phenoxy) is 2. The van der Waals surface area contributed by atoms with Gasteiger partial charge in [-0.2, -0.15) is 0 Å². The molecule has 1 amide bonds. The Labute approximate surface area is 143 Å². The molecule has 3 rings (SSSR count). The molecule has 0 aliphatic carbocycles. The minimum absolute atomic E-state index is 0.0351. The lowest BCUT2D eigenvalue weighted by Gasteiger charge is -2.25. The molecule has 1 atom stereocenters. The molecular formula is C20H23NO3. The lowest BCUT2D eigenvalue weighted by atomic mass is 10.0. The van der Waals surface area contributed by atoms with Crippen LogP contribution in [0.2, 0.25) is 0 Å². The van der Waals surface area contributed by atoms with E-state index < -0.39 is 0 Å². The van der Waals surface area contributed by atoms with Gasteiger partial charge in [-0.1, -0.05) is 30.3 Å². The zero-order valence-corrected chi connectivity index (χ0v) is 14.2. The first-order valence-corrected chi connectivity index (χ1v) is 8.30. The van der Waals surface area contributed by atoms with Gasteiger partial charge in [-0.05, 0) is 37.0 Å². The quantitative estimate of drug-likeness (QED) is 0.844. The number of benzene rings is 2. The second kappa shape index (κ2) is 7.39. The second-order valence-corrected chi connectivity index (χ2v) is 6.05. The van der Waals surface area contributed by atoms with Crippen LogP contribution in [0.1, 0.15) is 28.8 Å². The first kappa shape index (κ1) is 16.4. The molecule has 0 N–H and O–H groups in total. The minimum atomic E-state index is 0.0351. The van der Waals surface area contributed by atoms with Gasteiger partial charge in [0.1, 0.15) is 11.5 Å². The third-order valence-electron chi connectivity index (χ3n) is 4.59. The third-order valence-corrected chi connectivity index (χ3v) is 4.59. The summed E-state index contributed by atoms with van der Waals surface area (Å²) in [5.74, 6) is 1.28. The van der Waals surface area contributed by atoms with Gasteiger partial charge in [0.2, 0.25) is 0 Å². The fourth-order valence-corrected chi connectivity index (χ4v) is 3.33. The molecule has 0 aromatic heterocycles. The number of rotatable bonds is 5. The van der Waals surface area contributed by atoms with Gasteiger partial charge in [-0.15, -0.1) is 0 Å². The van der Waals surface area contributed by atoms with E-state index in [2.05, 4.69) is 12.1 Å². The van der Waals surface area contributed by atoms with Gasteiger partial charge in [0.05, 0.1) is 19.8 Å². The summed E-state index contributed by atoms with van der Waals surface area (Å²) in [4.78, 5) is 15.0. The van der Waals surface area contributed by atoms with Crippen LogP contribution in [-0.4, -0.2) is 37.6 Å². The molecule has 4 heteroatoms. The third kappa shape index (κ3) is 3.37. The summed E-state index contributed by atoms with van der Waals surface area (Å²) in [6.07, 6.45) is 2.98. The fraction of sp³-hybridized carbons (Fsp3) is 0.350. The molecule has 24 heavy (non-hydrogen) atoms. The number of likely N-dealkylation sites (tertiary alicyclic amines) is 1. The average molecular weight is 325 g/mol. The Kier molecular flexibility index (Phi) is 5.04. The van der Waals surface area contributed by atoms with Crippen molar-refractivity contribution in [3.8, 4) is 11.5 Å². The number of carbonyl (C=O) groups is 1. The molecule has 1 unspecified atom stereocenters. The summed E-state index contributed by atoms with van der Waals surface area (Å²) < 4.78 is 10.6. The van der Waals surface area contributed by atoms with Crippen molar-refractivity contribution in [1.29, 1.82) is 0 Å². The molecule has 4 nitrogen and oxygen atoms in total. The Hall–Kier alpha value is -2.49.